The molecule has 0 aliphatic carbocycles. The number of hydrogen-bond acceptors (Lipinski definition) is 5. The van der Waals surface area contributed by atoms with Crippen LogP contribution in [0.15, 0.2) is 35.1 Å². The molecule has 0 amide bonds. The molecule has 0 radical (unpaired) electrons. The molecule has 0 saturated heterocycles. The van der Waals surface area contributed by atoms with Gasteiger partial charge in [-0.3, -0.25) is 10.1 Å². The van der Waals surface area contributed by atoms with E-state index in [1.165, 1.54) is 18.5 Å². The van der Waals surface area contributed by atoms with Gasteiger partial charge in [0, 0.05) is 12.1 Å². The number of halogens is 2. The summed E-state index contributed by atoms with van der Waals surface area (Å²) in [6.07, 6.45) is 1.21. The number of rotatable bonds is 3. The van der Waals surface area contributed by atoms with Crippen molar-refractivity contribution in [1.82, 2.24) is 9.97 Å². The van der Waals surface area contributed by atoms with Crippen LogP contribution >= 0.6 is 27.5 Å². The number of para-hydroxylation sites is 1. The Labute approximate surface area is 115 Å². The smallest absolute Gasteiger partial charge is 0.312 e. The Bertz CT molecular complexity index is 609. The molecule has 0 N–H and O–H groups in total. The van der Waals surface area contributed by atoms with Gasteiger partial charge >= 0.3 is 5.69 Å². The first-order valence-corrected chi connectivity index (χ1v) is 5.83. The van der Waals surface area contributed by atoms with Crippen LogP contribution in [0.25, 0.3) is 0 Å². The Hall–Kier alpha value is -1.73. The topological polar surface area (TPSA) is 78.2 Å². The van der Waals surface area contributed by atoms with Crippen molar-refractivity contribution in [2.75, 3.05) is 0 Å². The van der Waals surface area contributed by atoms with Gasteiger partial charge in [-0.2, -0.15) is 0 Å². The van der Waals surface area contributed by atoms with E-state index >= 15 is 0 Å². The first-order valence-electron chi connectivity index (χ1n) is 4.66. The van der Waals surface area contributed by atoms with Gasteiger partial charge in [-0.1, -0.05) is 17.7 Å². The van der Waals surface area contributed by atoms with E-state index in [4.69, 9.17) is 16.3 Å². The molecule has 6 nitrogen and oxygen atoms in total. The van der Waals surface area contributed by atoms with E-state index in [0.29, 0.717) is 4.47 Å². The molecular formula is C10H5BrClN3O3. The molecule has 2 rings (SSSR count). The van der Waals surface area contributed by atoms with E-state index < -0.39 is 4.92 Å². The Morgan fingerprint density at radius 3 is 2.83 bits per heavy atom. The third kappa shape index (κ3) is 2.74. The molecule has 1 aromatic heterocycles. The van der Waals surface area contributed by atoms with Crippen LogP contribution in [0.5, 0.6) is 11.6 Å². The van der Waals surface area contributed by atoms with Gasteiger partial charge in [0.1, 0.15) is 11.5 Å². The lowest BCUT2D eigenvalue weighted by atomic mass is 10.3. The lowest BCUT2D eigenvalue weighted by molar-refractivity contribution is -0.385. The van der Waals surface area contributed by atoms with Gasteiger partial charge in [-0.05, 0) is 22.0 Å². The van der Waals surface area contributed by atoms with Gasteiger partial charge in [0.05, 0.1) is 9.40 Å². The average Bonchev–Trinajstić information content (AvgIpc) is 2.31. The van der Waals surface area contributed by atoms with Crippen LogP contribution < -0.4 is 4.74 Å². The largest absolute Gasteiger partial charge is 0.430 e. The Morgan fingerprint density at radius 1 is 1.39 bits per heavy atom. The Kier molecular flexibility index (Phi) is 3.73. The summed E-state index contributed by atoms with van der Waals surface area (Å²) >= 11 is 8.86. The summed E-state index contributed by atoms with van der Waals surface area (Å²) in [5.41, 5.74) is -0.167. The SMILES string of the molecule is O=[N+]([O-])c1cccc(Br)c1Oc1cc(Cl)ncn1. The van der Waals surface area contributed by atoms with Gasteiger partial charge in [-0.25, -0.2) is 9.97 Å². The van der Waals surface area contributed by atoms with Gasteiger partial charge in [0.2, 0.25) is 11.6 Å². The van der Waals surface area contributed by atoms with Crippen molar-refractivity contribution in [3.63, 3.8) is 0 Å². The highest BCUT2D eigenvalue weighted by Gasteiger charge is 2.19. The third-order valence-electron chi connectivity index (χ3n) is 1.96. The Balaban J connectivity index is 2.42. The average molecular weight is 331 g/mol. The van der Waals surface area contributed by atoms with E-state index in [1.807, 2.05) is 0 Å². The zero-order valence-electron chi connectivity index (χ0n) is 8.71. The van der Waals surface area contributed by atoms with E-state index in [-0.39, 0.29) is 22.5 Å². The molecule has 0 spiro atoms. The first-order chi connectivity index (χ1) is 8.58. The van der Waals surface area contributed by atoms with Gasteiger partial charge in [0.15, 0.2) is 0 Å². The van der Waals surface area contributed by atoms with Crippen LogP contribution in [-0.4, -0.2) is 14.9 Å². The number of nitro groups is 1. The number of nitrogens with zero attached hydrogens (tertiary/aromatic N) is 3. The molecule has 0 atom stereocenters. The van der Waals surface area contributed by atoms with Crippen molar-refractivity contribution in [1.29, 1.82) is 0 Å². The van der Waals surface area contributed by atoms with Gasteiger partial charge in [0.25, 0.3) is 0 Å². The predicted octanol–water partition coefficient (Wildman–Crippen LogP) is 3.59. The molecule has 0 unspecified atom stereocenters. The van der Waals surface area contributed by atoms with Crippen LogP contribution in [0.4, 0.5) is 5.69 Å². The van der Waals surface area contributed by atoms with Crippen LogP contribution in [0.1, 0.15) is 0 Å². The molecule has 18 heavy (non-hydrogen) atoms. The summed E-state index contributed by atoms with van der Waals surface area (Å²) in [5, 5.41) is 11.1. The maximum absolute atomic E-state index is 10.9. The van der Waals surface area contributed by atoms with Crippen LogP contribution in [0, 0.1) is 10.1 Å². The Morgan fingerprint density at radius 2 is 2.17 bits per heavy atom. The normalized spacial score (nSPS) is 10.1. The molecule has 92 valence electrons. The molecule has 0 bridgehead atoms. The summed E-state index contributed by atoms with van der Waals surface area (Å²) in [6, 6.07) is 5.88. The summed E-state index contributed by atoms with van der Waals surface area (Å²) in [6.45, 7) is 0. The standard InChI is InChI=1S/C10H5BrClN3O3/c11-6-2-1-3-7(15(16)17)10(6)18-9-4-8(12)13-5-14-9/h1-5H. The van der Waals surface area contributed by atoms with Gasteiger partial charge in [-0.15, -0.1) is 0 Å². The van der Waals surface area contributed by atoms with Crippen LogP contribution in [-0.2, 0) is 0 Å². The molecule has 0 aliphatic rings. The quantitative estimate of drug-likeness (QED) is 0.488. The van der Waals surface area contributed by atoms with Crippen molar-refractivity contribution < 1.29 is 9.66 Å². The highest BCUT2D eigenvalue weighted by Crippen LogP contribution is 2.37. The summed E-state index contributed by atoms with van der Waals surface area (Å²) in [4.78, 5) is 17.8. The van der Waals surface area contributed by atoms with E-state index in [9.17, 15) is 10.1 Å². The second kappa shape index (κ2) is 5.28. The molecular weight excluding hydrogens is 325 g/mol. The molecule has 0 saturated carbocycles. The second-order valence-corrected chi connectivity index (χ2v) is 4.37. The van der Waals surface area contributed by atoms with Crippen LogP contribution in [0.3, 0.4) is 0 Å². The predicted molar refractivity (Wildman–Crippen MR) is 67.9 cm³/mol. The fraction of sp³-hybridized carbons (Fsp3) is 0. The van der Waals surface area contributed by atoms with Crippen LogP contribution in [0.2, 0.25) is 5.15 Å². The van der Waals surface area contributed by atoms with Crippen molar-refractivity contribution in [2.45, 2.75) is 0 Å². The fourth-order valence-corrected chi connectivity index (χ4v) is 1.79. The second-order valence-electron chi connectivity index (χ2n) is 3.13. The monoisotopic (exact) mass is 329 g/mol. The molecule has 1 aromatic carbocycles. The molecule has 0 aliphatic heterocycles. The highest BCUT2D eigenvalue weighted by atomic mass is 79.9. The zero-order valence-corrected chi connectivity index (χ0v) is 11.1. The minimum absolute atomic E-state index is 0.0669. The minimum Gasteiger partial charge on any atom is -0.430 e. The van der Waals surface area contributed by atoms with Crippen molar-refractivity contribution in [2.24, 2.45) is 0 Å². The summed E-state index contributed by atoms with van der Waals surface area (Å²) in [7, 11) is 0. The number of hydrogen-bond donors (Lipinski definition) is 0. The molecule has 0 fully saturated rings. The maximum Gasteiger partial charge on any atom is 0.312 e. The summed E-state index contributed by atoms with van der Waals surface area (Å²) < 4.78 is 5.81. The van der Waals surface area contributed by atoms with Crippen molar-refractivity contribution in [3.05, 3.63) is 50.3 Å². The maximum atomic E-state index is 10.9. The van der Waals surface area contributed by atoms with E-state index in [0.717, 1.165) is 0 Å². The number of benzene rings is 1. The summed E-state index contributed by atoms with van der Waals surface area (Å²) in [5.74, 6) is 0.197. The first kappa shape index (κ1) is 12.7. The number of ether oxygens (including phenoxy) is 1. The molecule has 1 heterocycles. The number of nitro benzene ring substituents is 1. The molecule has 8 heteroatoms. The highest BCUT2D eigenvalue weighted by molar-refractivity contribution is 9.10. The third-order valence-corrected chi connectivity index (χ3v) is 2.79. The van der Waals surface area contributed by atoms with Crippen molar-refractivity contribution in [3.8, 4) is 11.6 Å². The van der Waals surface area contributed by atoms with E-state index in [1.54, 1.807) is 12.1 Å². The fourth-order valence-electron chi connectivity index (χ4n) is 1.22. The minimum atomic E-state index is -0.539. The molecule has 2 aromatic rings. The van der Waals surface area contributed by atoms with Gasteiger partial charge < -0.3 is 4.74 Å². The van der Waals surface area contributed by atoms with Crippen molar-refractivity contribution >= 4 is 33.2 Å². The lowest BCUT2D eigenvalue weighted by Crippen LogP contribution is -1.95. The van der Waals surface area contributed by atoms with E-state index in [2.05, 4.69) is 25.9 Å². The lowest BCUT2D eigenvalue weighted by Gasteiger charge is -2.06. The zero-order chi connectivity index (χ0) is 13.1. The number of aromatic nitrogens is 2.